The van der Waals surface area contributed by atoms with Crippen LogP contribution in [0.25, 0.3) is 0 Å². The van der Waals surface area contributed by atoms with Crippen molar-refractivity contribution >= 4 is 40.0 Å². The molecule has 0 aliphatic carbocycles. The first-order valence-corrected chi connectivity index (χ1v) is 4.12. The van der Waals surface area contributed by atoms with E-state index in [0.717, 1.165) is 17.3 Å². The highest BCUT2D eigenvalue weighted by molar-refractivity contribution is 8.14. The molecule has 0 saturated heterocycles. The molecule has 0 saturated carbocycles. The molecule has 0 spiro atoms. The summed E-state index contributed by atoms with van der Waals surface area (Å²) in [5.74, 6) is 1.03. The van der Waals surface area contributed by atoms with Crippen molar-refractivity contribution in [3.63, 3.8) is 0 Å². The van der Waals surface area contributed by atoms with E-state index in [4.69, 9.17) is 23.2 Å². The molecule has 0 N–H and O–H groups in total. The summed E-state index contributed by atoms with van der Waals surface area (Å²) in [6, 6.07) is 0. The smallest absolute Gasteiger partial charge is 0.155 e. The van der Waals surface area contributed by atoms with Crippen LogP contribution in [0.2, 0.25) is 0 Å². The maximum Gasteiger partial charge on any atom is 0.155 e. The normalized spacial score (nSPS) is 19.6. The molecule has 1 aliphatic rings. The molecule has 1 aliphatic heterocycles. The van der Waals surface area contributed by atoms with E-state index in [-0.39, 0.29) is 0 Å². The van der Waals surface area contributed by atoms with Gasteiger partial charge in [0, 0.05) is 12.3 Å². The van der Waals surface area contributed by atoms with Crippen molar-refractivity contribution < 1.29 is 0 Å². The molecule has 0 aromatic heterocycles. The van der Waals surface area contributed by atoms with Crippen LogP contribution >= 0.6 is 35.0 Å². The predicted molar refractivity (Wildman–Crippen MR) is 40.3 cm³/mol. The molecule has 0 bridgehead atoms. The number of aliphatic imine (C=N–C) groups is 1. The highest BCUT2D eigenvalue weighted by Crippen LogP contribution is 2.20. The van der Waals surface area contributed by atoms with E-state index in [1.54, 1.807) is 11.8 Å². The van der Waals surface area contributed by atoms with Gasteiger partial charge in [0.15, 0.2) is 4.84 Å². The van der Waals surface area contributed by atoms with Gasteiger partial charge < -0.3 is 0 Å². The summed E-state index contributed by atoms with van der Waals surface area (Å²) in [4.78, 5) is 3.65. The number of nitrogens with zero attached hydrogens (tertiary/aromatic N) is 1. The molecule has 0 fully saturated rings. The number of thioether (sulfide) groups is 1. The highest BCUT2D eigenvalue weighted by Gasteiger charge is 2.13. The number of halogens is 2. The van der Waals surface area contributed by atoms with Gasteiger partial charge in [0.1, 0.15) is 5.04 Å². The Hall–Kier alpha value is 0.600. The van der Waals surface area contributed by atoms with Crippen LogP contribution in [-0.4, -0.2) is 22.2 Å². The standard InChI is InChI=1S/C4H5Cl2NS/c5-3(6)4-7-1-2-8-4/h3H,1-2H2. The molecule has 1 heterocycles. The van der Waals surface area contributed by atoms with Gasteiger partial charge in [-0.15, -0.1) is 11.8 Å². The Bertz CT molecular complexity index is 113. The molecule has 46 valence electrons. The third-order valence-electron chi connectivity index (χ3n) is 0.796. The van der Waals surface area contributed by atoms with Crippen molar-refractivity contribution in [1.82, 2.24) is 0 Å². The van der Waals surface area contributed by atoms with Gasteiger partial charge >= 0.3 is 0 Å². The second-order valence-electron chi connectivity index (χ2n) is 1.37. The van der Waals surface area contributed by atoms with Crippen molar-refractivity contribution in [3.8, 4) is 0 Å². The fourth-order valence-electron chi connectivity index (χ4n) is 0.484. The largest absolute Gasteiger partial charge is 0.279 e. The first kappa shape index (κ1) is 6.72. The van der Waals surface area contributed by atoms with Crippen LogP contribution in [0.15, 0.2) is 4.99 Å². The summed E-state index contributed by atoms with van der Waals surface area (Å²) in [6.07, 6.45) is 0. The topological polar surface area (TPSA) is 12.4 Å². The fourth-order valence-corrected chi connectivity index (χ4v) is 1.70. The second kappa shape index (κ2) is 2.95. The van der Waals surface area contributed by atoms with Gasteiger partial charge in [-0.2, -0.15) is 0 Å². The SMILES string of the molecule is ClC(Cl)C1=NCCS1. The van der Waals surface area contributed by atoms with Crippen molar-refractivity contribution in [2.75, 3.05) is 12.3 Å². The summed E-state index contributed by atoms with van der Waals surface area (Å²) in [6.45, 7) is 0.871. The van der Waals surface area contributed by atoms with E-state index in [2.05, 4.69) is 4.99 Å². The minimum atomic E-state index is -0.400. The fraction of sp³-hybridized carbons (Fsp3) is 0.750. The lowest BCUT2D eigenvalue weighted by Crippen LogP contribution is -1.98. The summed E-state index contributed by atoms with van der Waals surface area (Å²) in [5, 5.41) is 0.869. The maximum absolute atomic E-state index is 5.50. The second-order valence-corrected chi connectivity index (χ2v) is 3.58. The molecule has 1 rings (SSSR count). The van der Waals surface area contributed by atoms with Gasteiger partial charge in [-0.05, 0) is 0 Å². The van der Waals surface area contributed by atoms with E-state index in [1.807, 2.05) is 0 Å². The van der Waals surface area contributed by atoms with E-state index >= 15 is 0 Å². The molecule has 0 aromatic rings. The van der Waals surface area contributed by atoms with Crippen LogP contribution in [0.3, 0.4) is 0 Å². The third-order valence-corrected chi connectivity index (χ3v) is 2.51. The van der Waals surface area contributed by atoms with Crippen LogP contribution in [-0.2, 0) is 0 Å². The Morgan fingerprint density at radius 2 is 2.38 bits per heavy atom. The third kappa shape index (κ3) is 1.54. The van der Waals surface area contributed by atoms with Crippen molar-refractivity contribution in [2.24, 2.45) is 4.99 Å². The number of hydrogen-bond donors (Lipinski definition) is 0. The summed E-state index contributed by atoms with van der Waals surface area (Å²) in [7, 11) is 0. The molecule has 0 amide bonds. The van der Waals surface area contributed by atoms with Gasteiger partial charge in [-0.3, -0.25) is 4.99 Å². The average Bonchev–Trinajstić information content (AvgIpc) is 2.12. The zero-order valence-corrected chi connectivity index (χ0v) is 6.43. The first-order chi connectivity index (χ1) is 3.80. The molecule has 0 radical (unpaired) electrons. The molecule has 4 heteroatoms. The summed E-state index contributed by atoms with van der Waals surface area (Å²) in [5.41, 5.74) is 0. The highest BCUT2D eigenvalue weighted by atomic mass is 35.5. The minimum absolute atomic E-state index is 0.400. The molecule has 0 aromatic carbocycles. The Kier molecular flexibility index (Phi) is 2.47. The first-order valence-electron chi connectivity index (χ1n) is 2.26. The van der Waals surface area contributed by atoms with Crippen LogP contribution < -0.4 is 0 Å². The van der Waals surface area contributed by atoms with Gasteiger partial charge in [-0.1, -0.05) is 23.2 Å². The predicted octanol–water partition coefficient (Wildman–Crippen LogP) is 1.94. The van der Waals surface area contributed by atoms with Crippen LogP contribution in [0.5, 0.6) is 0 Å². The molecule has 8 heavy (non-hydrogen) atoms. The van der Waals surface area contributed by atoms with Gasteiger partial charge in [0.05, 0.1) is 0 Å². The zero-order valence-electron chi connectivity index (χ0n) is 4.10. The average molecular weight is 170 g/mol. The van der Waals surface area contributed by atoms with Gasteiger partial charge in [0.25, 0.3) is 0 Å². The molecular formula is C4H5Cl2NS. The Balaban J connectivity index is 2.45. The lowest BCUT2D eigenvalue weighted by Gasteiger charge is -1.94. The lowest BCUT2D eigenvalue weighted by molar-refractivity contribution is 1.17. The van der Waals surface area contributed by atoms with Crippen molar-refractivity contribution in [3.05, 3.63) is 0 Å². The van der Waals surface area contributed by atoms with Gasteiger partial charge in [-0.25, -0.2) is 0 Å². The zero-order chi connectivity index (χ0) is 5.98. The quantitative estimate of drug-likeness (QED) is 0.547. The van der Waals surface area contributed by atoms with E-state index in [9.17, 15) is 0 Å². The number of hydrogen-bond acceptors (Lipinski definition) is 2. The van der Waals surface area contributed by atoms with E-state index in [1.165, 1.54) is 0 Å². The van der Waals surface area contributed by atoms with E-state index in [0.29, 0.717) is 0 Å². The van der Waals surface area contributed by atoms with Crippen LogP contribution in [0, 0.1) is 0 Å². The summed E-state index contributed by atoms with van der Waals surface area (Å²) >= 11 is 12.6. The van der Waals surface area contributed by atoms with E-state index < -0.39 is 4.84 Å². The Morgan fingerprint density at radius 3 is 2.62 bits per heavy atom. The number of alkyl halides is 2. The molecule has 0 atom stereocenters. The molecule has 0 unspecified atom stereocenters. The van der Waals surface area contributed by atoms with Crippen LogP contribution in [0.4, 0.5) is 0 Å². The maximum atomic E-state index is 5.50. The minimum Gasteiger partial charge on any atom is -0.279 e. The Morgan fingerprint density at radius 1 is 1.62 bits per heavy atom. The number of rotatable bonds is 1. The Labute approximate surface area is 62.5 Å². The van der Waals surface area contributed by atoms with Crippen LogP contribution in [0.1, 0.15) is 0 Å². The van der Waals surface area contributed by atoms with Crippen molar-refractivity contribution in [2.45, 2.75) is 4.84 Å². The van der Waals surface area contributed by atoms with Crippen molar-refractivity contribution in [1.29, 1.82) is 0 Å². The lowest BCUT2D eigenvalue weighted by atomic mass is 10.7. The monoisotopic (exact) mass is 169 g/mol. The van der Waals surface area contributed by atoms with Gasteiger partial charge in [0.2, 0.25) is 0 Å². The summed E-state index contributed by atoms with van der Waals surface area (Å²) < 4.78 is 0. The molecule has 1 nitrogen and oxygen atoms in total. The molecular weight excluding hydrogens is 165 g/mol.